The molecule has 1 saturated heterocycles. The van der Waals surface area contributed by atoms with E-state index in [1.165, 1.54) is 37.4 Å². The van der Waals surface area contributed by atoms with Crippen molar-refractivity contribution in [3.63, 3.8) is 0 Å². The first-order valence-electron chi connectivity index (χ1n) is 6.93. The Morgan fingerprint density at radius 1 is 1.53 bits per heavy atom. The zero-order valence-electron chi connectivity index (χ0n) is 11.4. The van der Waals surface area contributed by atoms with Crippen molar-refractivity contribution < 1.29 is 9.90 Å². The standard InChI is InChI=1S/C16H21NO2/c1-2-15-7-4-10-17(15)12-14-6-3-5-13(11-14)8-9-16(18)19/h3,5-6,8-9,11,15H,2,4,7,10,12H2,1H3,(H,18,19)/b9-8+. The summed E-state index contributed by atoms with van der Waals surface area (Å²) in [6, 6.07) is 8.82. The van der Waals surface area contributed by atoms with Gasteiger partial charge in [-0.1, -0.05) is 31.2 Å². The molecule has 0 aliphatic carbocycles. The molecule has 2 rings (SSSR count). The van der Waals surface area contributed by atoms with Gasteiger partial charge in [-0.25, -0.2) is 4.79 Å². The highest BCUT2D eigenvalue weighted by molar-refractivity contribution is 5.85. The van der Waals surface area contributed by atoms with Crippen molar-refractivity contribution in [3.8, 4) is 0 Å². The number of likely N-dealkylation sites (tertiary alicyclic amines) is 1. The number of carbonyl (C=O) groups is 1. The van der Waals surface area contributed by atoms with E-state index in [0.29, 0.717) is 6.04 Å². The van der Waals surface area contributed by atoms with E-state index in [1.807, 2.05) is 12.1 Å². The lowest BCUT2D eigenvalue weighted by molar-refractivity contribution is -0.131. The third-order valence-electron chi connectivity index (χ3n) is 3.73. The molecular formula is C16H21NO2. The molecule has 0 saturated carbocycles. The van der Waals surface area contributed by atoms with Crippen LogP contribution in [-0.4, -0.2) is 28.6 Å². The van der Waals surface area contributed by atoms with Gasteiger partial charge < -0.3 is 5.11 Å². The van der Waals surface area contributed by atoms with Crippen molar-refractivity contribution in [2.45, 2.75) is 38.8 Å². The third-order valence-corrected chi connectivity index (χ3v) is 3.73. The Balaban J connectivity index is 2.04. The number of hydrogen-bond donors (Lipinski definition) is 1. The average molecular weight is 259 g/mol. The van der Waals surface area contributed by atoms with Crippen LogP contribution in [0.3, 0.4) is 0 Å². The van der Waals surface area contributed by atoms with Crippen LogP contribution in [0.5, 0.6) is 0 Å². The molecule has 1 aliphatic heterocycles. The van der Waals surface area contributed by atoms with Crippen molar-refractivity contribution in [2.75, 3.05) is 6.54 Å². The second-order valence-electron chi connectivity index (χ2n) is 5.09. The lowest BCUT2D eigenvalue weighted by Gasteiger charge is -2.23. The second-order valence-corrected chi connectivity index (χ2v) is 5.09. The van der Waals surface area contributed by atoms with Gasteiger partial charge in [0, 0.05) is 18.7 Å². The molecule has 0 radical (unpaired) electrons. The summed E-state index contributed by atoms with van der Waals surface area (Å²) < 4.78 is 0. The van der Waals surface area contributed by atoms with Gasteiger partial charge >= 0.3 is 5.97 Å². The van der Waals surface area contributed by atoms with Gasteiger partial charge in [0.1, 0.15) is 0 Å². The molecule has 0 bridgehead atoms. The maximum Gasteiger partial charge on any atom is 0.328 e. The fraction of sp³-hybridized carbons (Fsp3) is 0.438. The highest BCUT2D eigenvalue weighted by atomic mass is 16.4. The molecule has 1 aromatic carbocycles. The summed E-state index contributed by atoms with van der Waals surface area (Å²) in [5.41, 5.74) is 2.21. The molecular weight excluding hydrogens is 238 g/mol. The molecule has 1 aliphatic rings. The minimum Gasteiger partial charge on any atom is -0.478 e. The summed E-state index contributed by atoms with van der Waals surface area (Å²) in [7, 11) is 0. The van der Waals surface area contributed by atoms with Gasteiger partial charge in [0.25, 0.3) is 0 Å². The molecule has 1 unspecified atom stereocenters. The summed E-state index contributed by atoms with van der Waals surface area (Å²) in [4.78, 5) is 13.1. The fourth-order valence-corrected chi connectivity index (χ4v) is 2.76. The van der Waals surface area contributed by atoms with E-state index in [4.69, 9.17) is 5.11 Å². The molecule has 1 N–H and O–H groups in total. The van der Waals surface area contributed by atoms with Crippen molar-refractivity contribution in [2.24, 2.45) is 0 Å². The first-order valence-corrected chi connectivity index (χ1v) is 6.93. The van der Waals surface area contributed by atoms with E-state index in [2.05, 4.69) is 24.0 Å². The van der Waals surface area contributed by atoms with E-state index in [1.54, 1.807) is 6.08 Å². The van der Waals surface area contributed by atoms with Gasteiger partial charge in [0.15, 0.2) is 0 Å². The van der Waals surface area contributed by atoms with Crippen LogP contribution < -0.4 is 0 Å². The van der Waals surface area contributed by atoms with Crippen molar-refractivity contribution in [1.82, 2.24) is 4.90 Å². The van der Waals surface area contributed by atoms with Crippen LogP contribution in [0.25, 0.3) is 6.08 Å². The van der Waals surface area contributed by atoms with Gasteiger partial charge in [0.05, 0.1) is 0 Å². The van der Waals surface area contributed by atoms with Crippen molar-refractivity contribution >= 4 is 12.0 Å². The average Bonchev–Trinajstić information content (AvgIpc) is 2.84. The quantitative estimate of drug-likeness (QED) is 0.826. The smallest absolute Gasteiger partial charge is 0.328 e. The zero-order valence-corrected chi connectivity index (χ0v) is 11.4. The third kappa shape index (κ3) is 3.93. The Bertz CT molecular complexity index is 468. The van der Waals surface area contributed by atoms with Crippen LogP contribution in [-0.2, 0) is 11.3 Å². The number of benzene rings is 1. The number of hydrogen-bond acceptors (Lipinski definition) is 2. The summed E-state index contributed by atoms with van der Waals surface area (Å²) in [6.07, 6.45) is 6.63. The molecule has 1 aromatic rings. The molecule has 0 amide bonds. The van der Waals surface area contributed by atoms with Crippen LogP contribution in [0, 0.1) is 0 Å². The highest BCUT2D eigenvalue weighted by Crippen LogP contribution is 2.22. The number of nitrogens with zero attached hydrogens (tertiary/aromatic N) is 1. The summed E-state index contributed by atoms with van der Waals surface area (Å²) in [5, 5.41) is 8.65. The van der Waals surface area contributed by atoms with E-state index >= 15 is 0 Å². The molecule has 3 heteroatoms. The predicted octanol–water partition coefficient (Wildman–Crippen LogP) is 3.16. The van der Waals surface area contributed by atoms with Crippen LogP contribution in [0.4, 0.5) is 0 Å². The van der Waals surface area contributed by atoms with Gasteiger partial charge in [-0.3, -0.25) is 4.90 Å². The molecule has 0 aromatic heterocycles. The zero-order chi connectivity index (χ0) is 13.7. The van der Waals surface area contributed by atoms with E-state index < -0.39 is 5.97 Å². The highest BCUT2D eigenvalue weighted by Gasteiger charge is 2.22. The Morgan fingerprint density at radius 3 is 3.11 bits per heavy atom. The molecule has 0 spiro atoms. The Morgan fingerprint density at radius 2 is 2.37 bits per heavy atom. The molecule has 3 nitrogen and oxygen atoms in total. The molecule has 1 atom stereocenters. The minimum absolute atomic E-state index is 0.707. The summed E-state index contributed by atoms with van der Waals surface area (Å²) >= 11 is 0. The first kappa shape index (κ1) is 13.8. The van der Waals surface area contributed by atoms with E-state index in [9.17, 15) is 4.79 Å². The summed E-state index contributed by atoms with van der Waals surface area (Å²) in [5.74, 6) is -0.906. The number of carboxylic acids is 1. The monoisotopic (exact) mass is 259 g/mol. The summed E-state index contributed by atoms with van der Waals surface area (Å²) in [6.45, 7) is 4.38. The molecule has 1 fully saturated rings. The second kappa shape index (κ2) is 6.53. The van der Waals surface area contributed by atoms with E-state index in [-0.39, 0.29) is 0 Å². The Labute approximate surface area is 114 Å². The van der Waals surface area contributed by atoms with Gasteiger partial charge in [-0.05, 0) is 43.0 Å². The largest absolute Gasteiger partial charge is 0.478 e. The molecule has 19 heavy (non-hydrogen) atoms. The lowest BCUT2D eigenvalue weighted by atomic mass is 10.1. The normalized spacial score (nSPS) is 20.2. The minimum atomic E-state index is -0.906. The van der Waals surface area contributed by atoms with Crippen LogP contribution in [0.2, 0.25) is 0 Å². The lowest BCUT2D eigenvalue weighted by Crippen LogP contribution is -2.28. The number of rotatable bonds is 5. The topological polar surface area (TPSA) is 40.5 Å². The first-order chi connectivity index (χ1) is 9.19. The molecule has 102 valence electrons. The van der Waals surface area contributed by atoms with Crippen LogP contribution >= 0.6 is 0 Å². The maximum absolute atomic E-state index is 10.5. The predicted molar refractivity (Wildman–Crippen MR) is 76.8 cm³/mol. The van der Waals surface area contributed by atoms with Crippen LogP contribution in [0.1, 0.15) is 37.3 Å². The van der Waals surface area contributed by atoms with Gasteiger partial charge in [-0.15, -0.1) is 0 Å². The SMILES string of the molecule is CCC1CCCN1Cc1cccc(/C=C/C(=O)O)c1. The van der Waals surface area contributed by atoms with E-state index in [0.717, 1.165) is 12.1 Å². The molecule has 1 heterocycles. The Hall–Kier alpha value is -1.61. The van der Waals surface area contributed by atoms with Crippen LogP contribution in [0.15, 0.2) is 30.3 Å². The number of aliphatic carboxylic acids is 1. The van der Waals surface area contributed by atoms with Crippen molar-refractivity contribution in [3.05, 3.63) is 41.5 Å². The maximum atomic E-state index is 10.5. The van der Waals surface area contributed by atoms with Gasteiger partial charge in [-0.2, -0.15) is 0 Å². The van der Waals surface area contributed by atoms with Gasteiger partial charge in [0.2, 0.25) is 0 Å². The number of carboxylic acid groups (broad SMARTS) is 1. The fourth-order valence-electron chi connectivity index (χ4n) is 2.76. The Kier molecular flexibility index (Phi) is 4.74. The van der Waals surface area contributed by atoms with Crippen molar-refractivity contribution in [1.29, 1.82) is 0 Å².